The number of hydrogen-bond donors (Lipinski definition) is 1. The molecular formula is C11H13NO4. The van der Waals surface area contributed by atoms with Crippen LogP contribution in [0.2, 0.25) is 0 Å². The Kier molecular flexibility index (Phi) is 3.99. The highest BCUT2D eigenvalue weighted by atomic mass is 16.6. The molecule has 1 atom stereocenters. The van der Waals surface area contributed by atoms with Gasteiger partial charge in [-0.2, -0.15) is 0 Å². The summed E-state index contributed by atoms with van der Waals surface area (Å²) in [5.74, 6) is -1.82. The molecule has 0 radical (unpaired) electrons. The lowest BCUT2D eigenvalue weighted by atomic mass is 9.93. The third-order valence-corrected chi connectivity index (χ3v) is 2.38. The van der Waals surface area contributed by atoms with E-state index in [9.17, 15) is 14.9 Å². The van der Waals surface area contributed by atoms with Crippen LogP contribution in [-0.4, -0.2) is 16.0 Å². The van der Waals surface area contributed by atoms with E-state index < -0.39 is 16.8 Å². The second-order valence-electron chi connectivity index (χ2n) is 3.50. The van der Waals surface area contributed by atoms with Crippen LogP contribution < -0.4 is 0 Å². The minimum absolute atomic E-state index is 0.122. The van der Waals surface area contributed by atoms with Crippen molar-refractivity contribution < 1.29 is 14.8 Å². The normalized spacial score (nSPS) is 12.1. The topological polar surface area (TPSA) is 80.4 Å². The minimum Gasteiger partial charge on any atom is -0.481 e. The first-order valence-electron chi connectivity index (χ1n) is 5.04. The SMILES string of the molecule is CCCC(C(=O)O)c1ccccc1[N+](=O)[O-]. The van der Waals surface area contributed by atoms with E-state index in [0.717, 1.165) is 0 Å². The summed E-state index contributed by atoms with van der Waals surface area (Å²) in [4.78, 5) is 21.3. The number of nitrogens with zero attached hydrogens (tertiary/aromatic N) is 1. The van der Waals surface area contributed by atoms with Crippen LogP contribution in [0.25, 0.3) is 0 Å². The zero-order chi connectivity index (χ0) is 12.1. The van der Waals surface area contributed by atoms with E-state index >= 15 is 0 Å². The van der Waals surface area contributed by atoms with E-state index in [0.29, 0.717) is 12.8 Å². The second kappa shape index (κ2) is 5.25. The van der Waals surface area contributed by atoms with Gasteiger partial charge in [-0.15, -0.1) is 0 Å². The molecule has 1 rings (SSSR count). The van der Waals surface area contributed by atoms with Gasteiger partial charge in [-0.1, -0.05) is 31.5 Å². The van der Waals surface area contributed by atoms with Gasteiger partial charge >= 0.3 is 5.97 Å². The van der Waals surface area contributed by atoms with Crippen LogP contribution in [-0.2, 0) is 4.79 Å². The van der Waals surface area contributed by atoms with Crippen molar-refractivity contribution in [2.75, 3.05) is 0 Å². The largest absolute Gasteiger partial charge is 0.481 e. The van der Waals surface area contributed by atoms with Crippen molar-refractivity contribution in [2.24, 2.45) is 0 Å². The molecule has 1 unspecified atom stereocenters. The maximum atomic E-state index is 11.0. The summed E-state index contributed by atoms with van der Waals surface area (Å²) in [6.45, 7) is 1.85. The number of para-hydroxylation sites is 1. The molecule has 0 aliphatic carbocycles. The van der Waals surface area contributed by atoms with Crippen molar-refractivity contribution in [3.05, 3.63) is 39.9 Å². The van der Waals surface area contributed by atoms with Crippen LogP contribution in [0.4, 0.5) is 5.69 Å². The van der Waals surface area contributed by atoms with Gasteiger partial charge in [0.1, 0.15) is 0 Å². The Morgan fingerprint density at radius 2 is 2.12 bits per heavy atom. The third kappa shape index (κ3) is 2.56. The summed E-state index contributed by atoms with van der Waals surface area (Å²) in [7, 11) is 0. The van der Waals surface area contributed by atoms with Gasteiger partial charge in [-0.25, -0.2) is 0 Å². The molecule has 5 heteroatoms. The smallest absolute Gasteiger partial charge is 0.311 e. The number of hydrogen-bond acceptors (Lipinski definition) is 3. The van der Waals surface area contributed by atoms with E-state index in [1.54, 1.807) is 6.07 Å². The molecule has 0 spiro atoms. The molecule has 0 bridgehead atoms. The molecule has 1 aromatic carbocycles. The highest BCUT2D eigenvalue weighted by Crippen LogP contribution is 2.29. The summed E-state index contributed by atoms with van der Waals surface area (Å²) < 4.78 is 0. The fourth-order valence-corrected chi connectivity index (χ4v) is 1.65. The minimum atomic E-state index is -1.02. The van der Waals surface area contributed by atoms with Crippen LogP contribution in [0.1, 0.15) is 31.2 Å². The Hall–Kier alpha value is -1.91. The maximum absolute atomic E-state index is 11.0. The average Bonchev–Trinajstić information content (AvgIpc) is 2.25. The number of carboxylic acids is 1. The Balaban J connectivity index is 3.17. The molecule has 86 valence electrons. The first-order chi connectivity index (χ1) is 7.57. The van der Waals surface area contributed by atoms with Gasteiger partial charge < -0.3 is 5.11 Å². The van der Waals surface area contributed by atoms with E-state index in [1.165, 1.54) is 18.2 Å². The highest BCUT2D eigenvalue weighted by molar-refractivity contribution is 5.77. The van der Waals surface area contributed by atoms with Crippen LogP contribution in [0, 0.1) is 10.1 Å². The average molecular weight is 223 g/mol. The second-order valence-corrected chi connectivity index (χ2v) is 3.50. The predicted octanol–water partition coefficient (Wildman–Crippen LogP) is 2.56. The van der Waals surface area contributed by atoms with Gasteiger partial charge in [0, 0.05) is 11.6 Å². The van der Waals surface area contributed by atoms with Crippen molar-refractivity contribution in [1.82, 2.24) is 0 Å². The zero-order valence-electron chi connectivity index (χ0n) is 8.92. The van der Waals surface area contributed by atoms with Gasteiger partial charge in [0.2, 0.25) is 0 Å². The molecule has 1 aromatic rings. The molecule has 0 aromatic heterocycles. The molecule has 5 nitrogen and oxygen atoms in total. The van der Waals surface area contributed by atoms with Crippen LogP contribution >= 0.6 is 0 Å². The predicted molar refractivity (Wildman–Crippen MR) is 58.4 cm³/mol. The third-order valence-electron chi connectivity index (χ3n) is 2.38. The van der Waals surface area contributed by atoms with Gasteiger partial charge in [0.25, 0.3) is 5.69 Å². The fourth-order valence-electron chi connectivity index (χ4n) is 1.65. The number of carboxylic acid groups (broad SMARTS) is 1. The molecule has 0 heterocycles. The van der Waals surface area contributed by atoms with Crippen LogP contribution in [0.15, 0.2) is 24.3 Å². The quantitative estimate of drug-likeness (QED) is 0.614. The Morgan fingerprint density at radius 3 is 2.62 bits per heavy atom. The zero-order valence-corrected chi connectivity index (χ0v) is 8.92. The molecular weight excluding hydrogens is 210 g/mol. The fraction of sp³-hybridized carbons (Fsp3) is 0.364. The molecule has 0 saturated carbocycles. The molecule has 1 N–H and O–H groups in total. The number of nitro groups is 1. The monoisotopic (exact) mass is 223 g/mol. The van der Waals surface area contributed by atoms with E-state index in [1.807, 2.05) is 6.92 Å². The van der Waals surface area contributed by atoms with Crippen molar-refractivity contribution in [2.45, 2.75) is 25.7 Å². The summed E-state index contributed by atoms with van der Waals surface area (Å²) >= 11 is 0. The lowest BCUT2D eigenvalue weighted by Crippen LogP contribution is -2.13. The summed E-state index contributed by atoms with van der Waals surface area (Å²) in [6, 6.07) is 5.99. The Bertz CT molecular complexity index is 403. The molecule has 0 fully saturated rings. The standard InChI is InChI=1S/C11H13NO4/c1-2-5-9(11(13)14)8-6-3-4-7-10(8)12(15)16/h3-4,6-7,9H,2,5H2,1H3,(H,13,14). The van der Waals surface area contributed by atoms with E-state index in [-0.39, 0.29) is 11.3 Å². The Morgan fingerprint density at radius 1 is 1.50 bits per heavy atom. The van der Waals surface area contributed by atoms with Crippen LogP contribution in [0.3, 0.4) is 0 Å². The number of nitro benzene ring substituents is 1. The first kappa shape index (κ1) is 12.2. The Labute approximate surface area is 92.9 Å². The highest BCUT2D eigenvalue weighted by Gasteiger charge is 2.26. The molecule has 16 heavy (non-hydrogen) atoms. The number of benzene rings is 1. The van der Waals surface area contributed by atoms with Gasteiger partial charge in [-0.3, -0.25) is 14.9 Å². The molecule has 0 aliphatic heterocycles. The molecule has 0 saturated heterocycles. The van der Waals surface area contributed by atoms with Crippen LogP contribution in [0.5, 0.6) is 0 Å². The molecule has 0 amide bonds. The first-order valence-corrected chi connectivity index (χ1v) is 5.04. The number of rotatable bonds is 5. The number of carbonyl (C=O) groups is 1. The lowest BCUT2D eigenvalue weighted by molar-refractivity contribution is -0.385. The van der Waals surface area contributed by atoms with Gasteiger partial charge in [-0.05, 0) is 6.42 Å². The maximum Gasteiger partial charge on any atom is 0.311 e. The van der Waals surface area contributed by atoms with E-state index in [2.05, 4.69) is 0 Å². The summed E-state index contributed by atoms with van der Waals surface area (Å²) in [6.07, 6.45) is 1.07. The lowest BCUT2D eigenvalue weighted by Gasteiger charge is -2.11. The van der Waals surface area contributed by atoms with Gasteiger partial charge in [0.15, 0.2) is 0 Å². The molecule has 0 aliphatic rings. The summed E-state index contributed by atoms with van der Waals surface area (Å²) in [5, 5.41) is 19.8. The van der Waals surface area contributed by atoms with Crippen molar-refractivity contribution in [3.63, 3.8) is 0 Å². The summed E-state index contributed by atoms with van der Waals surface area (Å²) in [5.41, 5.74) is 0.158. The number of aliphatic carboxylic acids is 1. The van der Waals surface area contributed by atoms with Crippen molar-refractivity contribution >= 4 is 11.7 Å². The van der Waals surface area contributed by atoms with Crippen molar-refractivity contribution in [3.8, 4) is 0 Å². The van der Waals surface area contributed by atoms with Gasteiger partial charge in [0.05, 0.1) is 10.8 Å². The van der Waals surface area contributed by atoms with Crippen molar-refractivity contribution in [1.29, 1.82) is 0 Å². The van der Waals surface area contributed by atoms with E-state index in [4.69, 9.17) is 5.11 Å².